The minimum absolute atomic E-state index is 0.198. The van der Waals surface area contributed by atoms with E-state index in [4.69, 9.17) is 4.42 Å². The van der Waals surface area contributed by atoms with Crippen LogP contribution in [0.4, 0.5) is 5.82 Å². The number of oxazole rings is 1. The Hall–Kier alpha value is -2.37. The molecule has 0 aliphatic carbocycles. The topological polar surface area (TPSA) is 80.0 Å². The van der Waals surface area contributed by atoms with Crippen LogP contribution in [0.1, 0.15) is 41.6 Å². The Bertz CT molecular complexity index is 615. The molecule has 0 unspecified atom stereocenters. The van der Waals surface area contributed by atoms with E-state index in [-0.39, 0.29) is 18.5 Å². The van der Waals surface area contributed by atoms with Crippen molar-refractivity contribution in [3.63, 3.8) is 0 Å². The fourth-order valence-electron chi connectivity index (χ4n) is 1.84. The van der Waals surface area contributed by atoms with E-state index < -0.39 is 0 Å². The normalized spacial score (nSPS) is 10.7. The number of pyridine rings is 1. The van der Waals surface area contributed by atoms with Crippen LogP contribution in [0.15, 0.2) is 22.7 Å². The quantitative estimate of drug-likeness (QED) is 0.883. The van der Waals surface area contributed by atoms with Crippen LogP contribution in [0, 0.1) is 13.8 Å². The summed E-state index contributed by atoms with van der Waals surface area (Å²) < 4.78 is 5.44. The second kappa shape index (κ2) is 6.39. The number of amides is 1. The van der Waals surface area contributed by atoms with Crippen molar-refractivity contribution in [2.45, 2.75) is 40.3 Å². The van der Waals surface area contributed by atoms with Crippen molar-refractivity contribution in [1.29, 1.82) is 0 Å². The lowest BCUT2D eigenvalue weighted by Gasteiger charge is -2.12. The number of nitrogens with zero attached hydrogens (tertiary/aromatic N) is 2. The molecule has 6 heteroatoms. The average Bonchev–Trinajstić information content (AvgIpc) is 2.75. The van der Waals surface area contributed by atoms with Gasteiger partial charge in [-0.05, 0) is 39.8 Å². The molecular formula is C15H20N4O2. The van der Waals surface area contributed by atoms with Gasteiger partial charge in [0.2, 0.25) is 5.89 Å². The van der Waals surface area contributed by atoms with E-state index in [9.17, 15) is 4.79 Å². The first-order valence-electron chi connectivity index (χ1n) is 6.90. The fourth-order valence-corrected chi connectivity index (χ4v) is 1.84. The molecule has 0 bridgehead atoms. The lowest BCUT2D eigenvalue weighted by molar-refractivity contribution is 0.0947. The molecule has 1 amide bonds. The molecule has 0 spiro atoms. The number of aromatic nitrogens is 2. The highest BCUT2D eigenvalue weighted by atomic mass is 16.4. The summed E-state index contributed by atoms with van der Waals surface area (Å²) in [6.45, 7) is 7.96. The minimum Gasteiger partial charge on any atom is -0.444 e. The highest BCUT2D eigenvalue weighted by Gasteiger charge is 2.14. The van der Waals surface area contributed by atoms with E-state index in [0.29, 0.717) is 17.3 Å². The molecule has 112 valence electrons. The molecule has 2 N–H and O–H groups in total. The van der Waals surface area contributed by atoms with Gasteiger partial charge in [-0.2, -0.15) is 0 Å². The van der Waals surface area contributed by atoms with Crippen molar-refractivity contribution < 1.29 is 9.21 Å². The number of rotatable bonds is 5. The molecule has 0 aliphatic rings. The maximum atomic E-state index is 12.3. The Morgan fingerprint density at radius 2 is 2.14 bits per heavy atom. The van der Waals surface area contributed by atoms with Crippen LogP contribution < -0.4 is 10.6 Å². The Morgan fingerprint density at radius 1 is 1.38 bits per heavy atom. The van der Waals surface area contributed by atoms with Crippen LogP contribution in [0.5, 0.6) is 0 Å². The van der Waals surface area contributed by atoms with Gasteiger partial charge in [-0.25, -0.2) is 9.97 Å². The Balaban J connectivity index is 2.06. The summed E-state index contributed by atoms with van der Waals surface area (Å²) in [5.41, 5.74) is 1.34. The van der Waals surface area contributed by atoms with Crippen LogP contribution in [-0.4, -0.2) is 21.9 Å². The molecule has 0 saturated carbocycles. The summed E-state index contributed by atoms with van der Waals surface area (Å²) >= 11 is 0. The Kier molecular flexibility index (Phi) is 4.57. The van der Waals surface area contributed by atoms with Gasteiger partial charge in [-0.15, -0.1) is 0 Å². The van der Waals surface area contributed by atoms with Gasteiger partial charge in [0.1, 0.15) is 11.6 Å². The first kappa shape index (κ1) is 15.0. The number of anilines is 1. The predicted molar refractivity (Wildman–Crippen MR) is 80.1 cm³/mol. The van der Waals surface area contributed by atoms with Crippen molar-refractivity contribution >= 4 is 11.7 Å². The molecule has 21 heavy (non-hydrogen) atoms. The summed E-state index contributed by atoms with van der Waals surface area (Å²) in [5.74, 6) is 1.63. The molecule has 0 atom stereocenters. The van der Waals surface area contributed by atoms with Crippen LogP contribution >= 0.6 is 0 Å². The van der Waals surface area contributed by atoms with Crippen molar-refractivity contribution in [3.8, 4) is 0 Å². The Labute approximate surface area is 124 Å². The molecule has 2 rings (SSSR count). The lowest BCUT2D eigenvalue weighted by atomic mass is 10.2. The SMILES string of the molecule is Cc1nc(CNC(=O)c2cccnc2NC(C)C)oc1C. The molecule has 0 radical (unpaired) electrons. The summed E-state index contributed by atoms with van der Waals surface area (Å²) in [4.78, 5) is 20.7. The zero-order valence-electron chi connectivity index (χ0n) is 12.7. The van der Waals surface area contributed by atoms with E-state index in [0.717, 1.165) is 11.5 Å². The van der Waals surface area contributed by atoms with Gasteiger partial charge in [0.05, 0.1) is 17.8 Å². The van der Waals surface area contributed by atoms with Gasteiger partial charge < -0.3 is 15.1 Å². The van der Waals surface area contributed by atoms with Gasteiger partial charge in [-0.3, -0.25) is 4.79 Å². The molecule has 6 nitrogen and oxygen atoms in total. The third-order valence-electron chi connectivity index (χ3n) is 2.95. The fraction of sp³-hybridized carbons (Fsp3) is 0.400. The maximum Gasteiger partial charge on any atom is 0.255 e. The number of carbonyl (C=O) groups is 1. The van der Waals surface area contributed by atoms with Gasteiger partial charge in [0.25, 0.3) is 5.91 Å². The molecular weight excluding hydrogens is 268 g/mol. The van der Waals surface area contributed by atoms with Crippen LogP contribution in [0.25, 0.3) is 0 Å². The van der Waals surface area contributed by atoms with E-state index in [1.807, 2.05) is 27.7 Å². The average molecular weight is 288 g/mol. The minimum atomic E-state index is -0.209. The number of hydrogen-bond donors (Lipinski definition) is 2. The summed E-state index contributed by atoms with van der Waals surface area (Å²) in [6, 6.07) is 3.67. The van der Waals surface area contributed by atoms with Crippen molar-refractivity contribution in [2.75, 3.05) is 5.32 Å². The monoisotopic (exact) mass is 288 g/mol. The zero-order valence-corrected chi connectivity index (χ0v) is 12.7. The van der Waals surface area contributed by atoms with Gasteiger partial charge >= 0.3 is 0 Å². The van der Waals surface area contributed by atoms with Crippen LogP contribution in [0.2, 0.25) is 0 Å². The van der Waals surface area contributed by atoms with Gasteiger partial charge in [0.15, 0.2) is 0 Å². The number of hydrogen-bond acceptors (Lipinski definition) is 5. The predicted octanol–water partition coefficient (Wildman–Crippen LogP) is 2.44. The van der Waals surface area contributed by atoms with E-state index in [1.165, 1.54) is 0 Å². The van der Waals surface area contributed by atoms with Crippen molar-refractivity contribution in [2.24, 2.45) is 0 Å². The molecule has 2 aromatic heterocycles. The molecule has 2 aromatic rings. The van der Waals surface area contributed by atoms with E-state index >= 15 is 0 Å². The highest BCUT2D eigenvalue weighted by Crippen LogP contribution is 2.13. The van der Waals surface area contributed by atoms with Crippen molar-refractivity contribution in [1.82, 2.24) is 15.3 Å². The second-order valence-corrected chi connectivity index (χ2v) is 5.13. The first-order valence-corrected chi connectivity index (χ1v) is 6.90. The number of nitrogens with one attached hydrogen (secondary N) is 2. The van der Waals surface area contributed by atoms with Crippen LogP contribution in [0.3, 0.4) is 0 Å². The molecule has 2 heterocycles. The number of carbonyl (C=O) groups excluding carboxylic acids is 1. The van der Waals surface area contributed by atoms with Gasteiger partial charge in [0, 0.05) is 12.2 Å². The third kappa shape index (κ3) is 3.81. The second-order valence-electron chi connectivity index (χ2n) is 5.13. The standard InChI is InChI=1S/C15H20N4O2/c1-9(2)18-14-12(6-5-7-16-14)15(20)17-8-13-19-10(3)11(4)21-13/h5-7,9H,8H2,1-4H3,(H,16,18)(H,17,20). The summed E-state index contributed by atoms with van der Waals surface area (Å²) in [5, 5.41) is 5.95. The van der Waals surface area contributed by atoms with Crippen LogP contribution in [-0.2, 0) is 6.54 Å². The Morgan fingerprint density at radius 3 is 2.76 bits per heavy atom. The summed E-state index contributed by atoms with van der Waals surface area (Å²) in [7, 11) is 0. The first-order chi connectivity index (χ1) is 9.97. The molecule has 0 fully saturated rings. The van der Waals surface area contributed by atoms with Gasteiger partial charge in [-0.1, -0.05) is 0 Å². The summed E-state index contributed by atoms with van der Waals surface area (Å²) in [6.07, 6.45) is 1.66. The van der Waals surface area contributed by atoms with E-state index in [1.54, 1.807) is 18.3 Å². The smallest absolute Gasteiger partial charge is 0.255 e. The maximum absolute atomic E-state index is 12.3. The van der Waals surface area contributed by atoms with Crippen molar-refractivity contribution in [3.05, 3.63) is 41.2 Å². The lowest BCUT2D eigenvalue weighted by Crippen LogP contribution is -2.25. The highest BCUT2D eigenvalue weighted by molar-refractivity contribution is 5.98. The molecule has 0 saturated heterocycles. The van der Waals surface area contributed by atoms with E-state index in [2.05, 4.69) is 20.6 Å². The molecule has 0 aromatic carbocycles. The zero-order chi connectivity index (χ0) is 15.4. The molecule has 0 aliphatic heterocycles. The number of aryl methyl sites for hydroxylation is 2. The third-order valence-corrected chi connectivity index (χ3v) is 2.95. The largest absolute Gasteiger partial charge is 0.444 e.